The lowest BCUT2D eigenvalue weighted by molar-refractivity contribution is -0.140. The molecule has 33 heavy (non-hydrogen) atoms. The number of ether oxygens (including phenoxy) is 1. The maximum atomic E-state index is 13.1. The summed E-state index contributed by atoms with van der Waals surface area (Å²) in [4.78, 5) is 29.4. The topological polar surface area (TPSA) is 90.3 Å². The number of aliphatic hydroxyl groups excluding tert-OH is 1. The van der Waals surface area contributed by atoms with Crippen molar-refractivity contribution in [2.75, 3.05) is 33.8 Å². The number of benzene rings is 2. The Labute approximate surface area is 194 Å². The van der Waals surface area contributed by atoms with Gasteiger partial charge in [0, 0.05) is 18.7 Å². The van der Waals surface area contributed by atoms with E-state index in [0.717, 1.165) is 5.56 Å². The molecule has 7 heteroatoms. The minimum Gasteiger partial charge on any atom is -0.508 e. The number of carbonyl (C=O) groups excluding carboxylic acids is 2. The predicted molar refractivity (Wildman–Crippen MR) is 127 cm³/mol. The molecule has 0 radical (unpaired) electrons. The van der Waals surface area contributed by atoms with Crippen LogP contribution in [0.2, 0.25) is 0 Å². The van der Waals surface area contributed by atoms with Gasteiger partial charge in [0.25, 0.3) is 11.7 Å². The van der Waals surface area contributed by atoms with Gasteiger partial charge in [-0.15, -0.1) is 0 Å². The van der Waals surface area contributed by atoms with Crippen molar-refractivity contribution >= 4 is 17.4 Å². The average Bonchev–Trinajstić information content (AvgIpc) is 3.01. The maximum absolute atomic E-state index is 13.1. The molecular formula is C26H32N2O5. The maximum Gasteiger partial charge on any atom is 0.295 e. The number of aryl methyl sites for hydroxylation is 1. The molecular weight excluding hydrogens is 420 g/mol. The summed E-state index contributed by atoms with van der Waals surface area (Å²) in [6, 6.07) is 10.8. The van der Waals surface area contributed by atoms with Crippen molar-refractivity contribution in [2.24, 2.45) is 5.92 Å². The van der Waals surface area contributed by atoms with E-state index in [1.165, 1.54) is 17.0 Å². The van der Waals surface area contributed by atoms with Crippen molar-refractivity contribution in [2.45, 2.75) is 26.8 Å². The number of carbonyl (C=O) groups is 2. The van der Waals surface area contributed by atoms with Crippen LogP contribution in [0.3, 0.4) is 0 Å². The van der Waals surface area contributed by atoms with E-state index < -0.39 is 17.7 Å². The normalized spacial score (nSPS) is 17.9. The van der Waals surface area contributed by atoms with Crippen LogP contribution in [0.1, 0.15) is 36.6 Å². The first kappa shape index (κ1) is 24.3. The van der Waals surface area contributed by atoms with Gasteiger partial charge >= 0.3 is 0 Å². The number of phenolic OH excluding ortho intramolecular Hbond substituents is 1. The number of rotatable bonds is 8. The Morgan fingerprint density at radius 3 is 2.36 bits per heavy atom. The second-order valence-electron chi connectivity index (χ2n) is 9.07. The Kier molecular flexibility index (Phi) is 7.43. The number of Topliss-reactive ketones (excluding diaryl/α,β-unsaturated/α-hetero) is 1. The fraction of sp³-hybridized carbons (Fsp3) is 0.385. The lowest BCUT2D eigenvalue weighted by atomic mass is 9.94. The molecule has 0 spiro atoms. The molecule has 3 rings (SSSR count). The van der Waals surface area contributed by atoms with Gasteiger partial charge in [-0.05, 0) is 68.4 Å². The van der Waals surface area contributed by atoms with Crippen LogP contribution < -0.4 is 4.74 Å². The predicted octanol–water partition coefficient (Wildman–Crippen LogP) is 3.72. The highest BCUT2D eigenvalue weighted by molar-refractivity contribution is 6.46. The molecule has 0 bridgehead atoms. The van der Waals surface area contributed by atoms with Crippen LogP contribution in [0.4, 0.5) is 0 Å². The van der Waals surface area contributed by atoms with E-state index in [-0.39, 0.29) is 17.1 Å². The van der Waals surface area contributed by atoms with E-state index in [1.54, 1.807) is 30.3 Å². The van der Waals surface area contributed by atoms with Crippen LogP contribution in [0.5, 0.6) is 11.5 Å². The molecule has 1 fully saturated rings. The van der Waals surface area contributed by atoms with Crippen molar-refractivity contribution in [1.29, 1.82) is 0 Å². The van der Waals surface area contributed by atoms with Crippen molar-refractivity contribution in [3.8, 4) is 11.5 Å². The number of ketones is 1. The molecule has 2 aromatic rings. The Morgan fingerprint density at radius 2 is 1.79 bits per heavy atom. The van der Waals surface area contributed by atoms with Gasteiger partial charge in [0.1, 0.15) is 17.3 Å². The summed E-state index contributed by atoms with van der Waals surface area (Å²) in [7, 11) is 3.77. The Morgan fingerprint density at radius 1 is 1.12 bits per heavy atom. The van der Waals surface area contributed by atoms with Crippen molar-refractivity contribution in [1.82, 2.24) is 9.80 Å². The zero-order valence-electron chi connectivity index (χ0n) is 19.8. The van der Waals surface area contributed by atoms with E-state index >= 15 is 0 Å². The number of likely N-dealkylation sites (N-methyl/N-ethyl adjacent to an activating group) is 1. The summed E-state index contributed by atoms with van der Waals surface area (Å²) < 4.78 is 5.81. The summed E-state index contributed by atoms with van der Waals surface area (Å²) in [5.74, 6) is -0.427. The van der Waals surface area contributed by atoms with Crippen molar-refractivity contribution in [3.63, 3.8) is 0 Å². The van der Waals surface area contributed by atoms with Gasteiger partial charge in [0.15, 0.2) is 0 Å². The van der Waals surface area contributed by atoms with E-state index in [9.17, 15) is 19.8 Å². The summed E-state index contributed by atoms with van der Waals surface area (Å²) in [5, 5.41) is 20.9. The third-order valence-corrected chi connectivity index (χ3v) is 5.56. The number of hydrogen-bond donors (Lipinski definition) is 2. The molecule has 1 aliphatic rings. The smallest absolute Gasteiger partial charge is 0.295 e. The number of nitrogens with zero attached hydrogens (tertiary/aromatic N) is 2. The van der Waals surface area contributed by atoms with Crippen LogP contribution in [0.15, 0.2) is 48.0 Å². The van der Waals surface area contributed by atoms with Gasteiger partial charge in [-0.3, -0.25) is 9.59 Å². The van der Waals surface area contributed by atoms with E-state index in [4.69, 9.17) is 4.74 Å². The van der Waals surface area contributed by atoms with E-state index in [2.05, 4.69) is 13.8 Å². The van der Waals surface area contributed by atoms with Gasteiger partial charge < -0.3 is 24.7 Å². The van der Waals surface area contributed by atoms with Gasteiger partial charge in [0.05, 0.1) is 18.2 Å². The standard InChI is InChI=1S/C26H32N2O5/c1-16(2)15-33-21-11-8-19(14-17(21)3)24(30)22-23(18-6-9-20(29)10-7-18)28(13-12-27(4)5)26(32)25(22)31/h6-11,14,16,23,29-30H,12-13,15H2,1-5H3/b24-22+/t23-/m0/s1. The number of aromatic hydroxyl groups is 1. The van der Waals surface area contributed by atoms with Gasteiger partial charge in [0.2, 0.25) is 0 Å². The largest absolute Gasteiger partial charge is 0.508 e. The SMILES string of the molecule is Cc1cc(/C(O)=C2\C(=O)C(=O)N(CCN(C)C)[C@H]2c2ccc(O)cc2)ccc1OCC(C)C. The van der Waals surface area contributed by atoms with Crippen LogP contribution in [0.25, 0.3) is 5.76 Å². The van der Waals surface area contributed by atoms with Gasteiger partial charge in [-0.25, -0.2) is 0 Å². The number of hydrogen-bond acceptors (Lipinski definition) is 6. The fourth-order valence-electron chi connectivity index (χ4n) is 3.79. The van der Waals surface area contributed by atoms with Crippen LogP contribution in [-0.2, 0) is 9.59 Å². The lowest BCUT2D eigenvalue weighted by Crippen LogP contribution is -2.35. The minimum atomic E-state index is -0.747. The van der Waals surface area contributed by atoms with Crippen LogP contribution in [0, 0.1) is 12.8 Å². The first-order valence-electron chi connectivity index (χ1n) is 11.1. The Hall–Kier alpha value is -3.32. The van der Waals surface area contributed by atoms with Gasteiger partial charge in [-0.1, -0.05) is 26.0 Å². The molecule has 1 saturated heterocycles. The third-order valence-electron chi connectivity index (χ3n) is 5.56. The third kappa shape index (κ3) is 5.37. The van der Waals surface area contributed by atoms with Crippen LogP contribution in [-0.4, -0.2) is 65.5 Å². The molecule has 2 N–H and O–H groups in total. The van der Waals surface area contributed by atoms with Gasteiger partial charge in [-0.2, -0.15) is 0 Å². The highest BCUT2D eigenvalue weighted by Gasteiger charge is 2.45. The monoisotopic (exact) mass is 452 g/mol. The molecule has 7 nitrogen and oxygen atoms in total. The number of phenols is 1. The molecule has 0 unspecified atom stereocenters. The minimum absolute atomic E-state index is 0.0414. The quantitative estimate of drug-likeness (QED) is 0.360. The fourth-order valence-corrected chi connectivity index (χ4v) is 3.79. The molecule has 1 aliphatic heterocycles. The molecule has 1 heterocycles. The zero-order chi connectivity index (χ0) is 24.3. The molecule has 176 valence electrons. The number of amides is 1. The summed E-state index contributed by atoms with van der Waals surface area (Å²) in [5.41, 5.74) is 1.95. The highest BCUT2D eigenvalue weighted by atomic mass is 16.5. The average molecular weight is 453 g/mol. The number of likely N-dealkylation sites (tertiary alicyclic amines) is 1. The second kappa shape index (κ2) is 10.1. The molecule has 1 amide bonds. The Balaban J connectivity index is 2.06. The first-order chi connectivity index (χ1) is 15.6. The van der Waals surface area contributed by atoms with E-state index in [0.29, 0.717) is 42.5 Å². The van der Waals surface area contributed by atoms with Crippen molar-refractivity contribution in [3.05, 3.63) is 64.7 Å². The molecule has 1 atom stereocenters. The molecule has 0 aromatic heterocycles. The number of aliphatic hydroxyl groups is 1. The summed E-state index contributed by atoms with van der Waals surface area (Å²) in [6.45, 7) is 7.45. The molecule has 2 aromatic carbocycles. The Bertz CT molecular complexity index is 1060. The van der Waals surface area contributed by atoms with Crippen LogP contribution >= 0.6 is 0 Å². The lowest BCUT2D eigenvalue weighted by Gasteiger charge is -2.26. The first-order valence-corrected chi connectivity index (χ1v) is 11.1. The summed E-state index contributed by atoms with van der Waals surface area (Å²) >= 11 is 0. The molecule has 0 saturated carbocycles. The zero-order valence-corrected chi connectivity index (χ0v) is 19.8. The molecule has 0 aliphatic carbocycles. The highest BCUT2D eigenvalue weighted by Crippen LogP contribution is 2.40. The van der Waals surface area contributed by atoms with E-state index in [1.807, 2.05) is 25.9 Å². The second-order valence-corrected chi connectivity index (χ2v) is 9.07. The van der Waals surface area contributed by atoms with Crippen molar-refractivity contribution < 1.29 is 24.5 Å². The summed E-state index contributed by atoms with van der Waals surface area (Å²) in [6.07, 6.45) is 0.